The fraction of sp³-hybridized carbons (Fsp3) is 0. The van der Waals surface area contributed by atoms with Crippen LogP contribution in [0, 0.1) is 0 Å². The van der Waals surface area contributed by atoms with E-state index in [1.54, 1.807) is 30.3 Å². The fourth-order valence-corrected chi connectivity index (χ4v) is 1.59. The lowest BCUT2D eigenvalue weighted by Crippen LogP contribution is -2.23. The van der Waals surface area contributed by atoms with E-state index in [4.69, 9.17) is 0 Å². The molecule has 0 spiro atoms. The first-order valence-corrected chi connectivity index (χ1v) is 5.31. The summed E-state index contributed by atoms with van der Waals surface area (Å²) >= 11 is 0. The number of rotatable bonds is 3. The van der Waals surface area contributed by atoms with Gasteiger partial charge in [-0.05, 0) is 17.2 Å². The molecule has 0 saturated carbocycles. The van der Waals surface area contributed by atoms with Crippen LogP contribution in [-0.2, 0) is 4.79 Å². The van der Waals surface area contributed by atoms with E-state index in [0.29, 0.717) is 5.56 Å². The quantitative estimate of drug-likeness (QED) is 0.589. The number of carbonyl (C=O) groups is 1. The summed E-state index contributed by atoms with van der Waals surface area (Å²) in [5.41, 5.74) is 1.68. The monoisotopic (exact) mass is 223 g/mol. The van der Waals surface area contributed by atoms with Gasteiger partial charge in [0.25, 0.3) is 0 Å². The molecule has 2 nitrogen and oxygen atoms in total. The van der Waals surface area contributed by atoms with Gasteiger partial charge in [-0.3, -0.25) is 0 Å². The summed E-state index contributed by atoms with van der Waals surface area (Å²) in [4.78, 5) is 11.1. The maximum absolute atomic E-state index is 11.1. The number of benzene rings is 2. The average molecular weight is 223 g/mol. The maximum Gasteiger partial charge on any atom is 0.0721 e. The average Bonchev–Trinajstić information content (AvgIpc) is 2.38. The van der Waals surface area contributed by atoms with Crippen LogP contribution in [0.4, 0.5) is 0 Å². The predicted octanol–water partition coefficient (Wildman–Crippen LogP) is 1.98. The minimum Gasteiger partial charge on any atom is -0.545 e. The molecule has 0 aliphatic heterocycles. The second-order valence-electron chi connectivity index (χ2n) is 3.62. The molecule has 0 unspecified atom stereocenters. The second-order valence-corrected chi connectivity index (χ2v) is 3.62. The van der Waals surface area contributed by atoms with Crippen molar-refractivity contribution in [1.29, 1.82) is 0 Å². The summed E-state index contributed by atoms with van der Waals surface area (Å²) in [6.07, 6.45) is 1.62. The second kappa shape index (κ2) is 5.12. The Morgan fingerprint density at radius 1 is 0.882 bits per heavy atom. The molecule has 2 aromatic carbocycles. The summed E-state index contributed by atoms with van der Waals surface area (Å²) in [5, 5.41) is 11.1. The molecule has 0 aliphatic rings. The minimum atomic E-state index is -1.17. The van der Waals surface area contributed by atoms with Gasteiger partial charge in [0.15, 0.2) is 0 Å². The molecule has 0 bridgehead atoms. The summed E-state index contributed by atoms with van der Waals surface area (Å²) in [7, 11) is 0. The molecule has 0 aliphatic carbocycles. The highest BCUT2D eigenvalue weighted by atomic mass is 16.4. The van der Waals surface area contributed by atoms with Crippen molar-refractivity contribution in [1.82, 2.24) is 0 Å². The Labute approximate surface area is 99.8 Å². The van der Waals surface area contributed by atoms with Gasteiger partial charge < -0.3 is 9.90 Å². The number of hydrogen-bond acceptors (Lipinski definition) is 2. The Balaban J connectivity index is 2.44. The van der Waals surface area contributed by atoms with Gasteiger partial charge in [-0.1, -0.05) is 60.7 Å². The number of carboxylic acids is 1. The zero-order valence-corrected chi connectivity index (χ0v) is 9.17. The van der Waals surface area contributed by atoms with Crippen LogP contribution in [0.15, 0.2) is 60.7 Å². The van der Waals surface area contributed by atoms with Gasteiger partial charge in [-0.15, -0.1) is 0 Å². The van der Waals surface area contributed by atoms with Gasteiger partial charge >= 0.3 is 0 Å². The van der Waals surface area contributed by atoms with Crippen LogP contribution in [0.1, 0.15) is 11.1 Å². The van der Waals surface area contributed by atoms with Gasteiger partial charge in [-0.25, -0.2) is 0 Å². The molecule has 17 heavy (non-hydrogen) atoms. The molecule has 0 radical (unpaired) electrons. The van der Waals surface area contributed by atoms with Crippen molar-refractivity contribution in [2.45, 2.75) is 0 Å². The first kappa shape index (κ1) is 11.1. The van der Waals surface area contributed by atoms with Crippen LogP contribution in [0.3, 0.4) is 0 Å². The van der Waals surface area contributed by atoms with E-state index < -0.39 is 5.97 Å². The molecule has 0 N–H and O–H groups in total. The summed E-state index contributed by atoms with van der Waals surface area (Å²) in [5.74, 6) is -1.17. The van der Waals surface area contributed by atoms with Crippen LogP contribution in [0.25, 0.3) is 11.6 Å². The molecule has 0 heterocycles. The smallest absolute Gasteiger partial charge is 0.0721 e. The molecule has 0 aromatic heterocycles. The molecule has 0 saturated heterocycles. The highest BCUT2D eigenvalue weighted by molar-refractivity contribution is 6.19. The maximum atomic E-state index is 11.1. The van der Waals surface area contributed by atoms with E-state index in [1.807, 2.05) is 36.4 Å². The summed E-state index contributed by atoms with van der Waals surface area (Å²) < 4.78 is 0. The summed E-state index contributed by atoms with van der Waals surface area (Å²) in [6, 6.07) is 18.3. The molecular weight excluding hydrogens is 212 g/mol. The zero-order chi connectivity index (χ0) is 12.1. The fourth-order valence-electron chi connectivity index (χ4n) is 1.59. The standard InChI is InChI=1S/C15H12O2/c16-15(17)14(13-9-5-2-6-10-13)11-12-7-3-1-4-8-12/h1-11H,(H,16,17)/p-1/b14-11+. The van der Waals surface area contributed by atoms with Gasteiger partial charge in [-0.2, -0.15) is 0 Å². The van der Waals surface area contributed by atoms with E-state index in [0.717, 1.165) is 5.56 Å². The van der Waals surface area contributed by atoms with Gasteiger partial charge in [0, 0.05) is 5.57 Å². The van der Waals surface area contributed by atoms with E-state index >= 15 is 0 Å². The molecule has 0 atom stereocenters. The first-order chi connectivity index (χ1) is 8.27. The van der Waals surface area contributed by atoms with E-state index in [2.05, 4.69) is 0 Å². The molecule has 2 rings (SSSR count). The van der Waals surface area contributed by atoms with E-state index in [-0.39, 0.29) is 5.57 Å². The Kier molecular flexibility index (Phi) is 3.36. The lowest BCUT2D eigenvalue weighted by molar-refractivity contribution is -0.295. The predicted molar refractivity (Wildman–Crippen MR) is 65.8 cm³/mol. The van der Waals surface area contributed by atoms with Crippen LogP contribution >= 0.6 is 0 Å². The van der Waals surface area contributed by atoms with Crippen molar-refractivity contribution in [3.05, 3.63) is 71.8 Å². The molecule has 2 aromatic rings. The van der Waals surface area contributed by atoms with Gasteiger partial charge in [0.2, 0.25) is 0 Å². The lowest BCUT2D eigenvalue weighted by atomic mass is 10.0. The highest BCUT2D eigenvalue weighted by Gasteiger charge is 2.01. The Morgan fingerprint density at radius 3 is 1.94 bits per heavy atom. The highest BCUT2D eigenvalue weighted by Crippen LogP contribution is 2.17. The molecule has 2 heteroatoms. The number of carbonyl (C=O) groups excluding carboxylic acids is 1. The number of carboxylic acid groups (broad SMARTS) is 1. The van der Waals surface area contributed by atoms with Crippen molar-refractivity contribution in [3.8, 4) is 0 Å². The SMILES string of the molecule is O=C([O-])/C(=C/c1ccccc1)c1ccccc1. The third-order valence-electron chi connectivity index (χ3n) is 2.42. The van der Waals surface area contributed by atoms with Crippen LogP contribution in [-0.4, -0.2) is 5.97 Å². The van der Waals surface area contributed by atoms with E-state index in [9.17, 15) is 9.90 Å². The lowest BCUT2D eigenvalue weighted by Gasteiger charge is -2.08. The summed E-state index contributed by atoms with van der Waals surface area (Å²) in [6.45, 7) is 0. The van der Waals surface area contributed by atoms with Crippen molar-refractivity contribution in [3.63, 3.8) is 0 Å². The van der Waals surface area contributed by atoms with Crippen molar-refractivity contribution < 1.29 is 9.90 Å². The Bertz CT molecular complexity index is 527. The number of hydrogen-bond donors (Lipinski definition) is 0. The van der Waals surface area contributed by atoms with E-state index in [1.165, 1.54) is 0 Å². The Hall–Kier alpha value is -2.35. The normalized spacial score (nSPS) is 11.2. The first-order valence-electron chi connectivity index (χ1n) is 5.31. The van der Waals surface area contributed by atoms with Crippen molar-refractivity contribution in [2.24, 2.45) is 0 Å². The van der Waals surface area contributed by atoms with Crippen LogP contribution in [0.5, 0.6) is 0 Å². The third-order valence-corrected chi connectivity index (χ3v) is 2.42. The number of aliphatic carboxylic acids is 1. The Morgan fingerprint density at radius 2 is 1.41 bits per heavy atom. The van der Waals surface area contributed by atoms with Crippen molar-refractivity contribution >= 4 is 17.6 Å². The minimum absolute atomic E-state index is 0.191. The van der Waals surface area contributed by atoms with Crippen LogP contribution < -0.4 is 5.11 Å². The zero-order valence-electron chi connectivity index (χ0n) is 9.17. The van der Waals surface area contributed by atoms with Crippen LogP contribution in [0.2, 0.25) is 0 Å². The molecular formula is C15H11O2-. The molecule has 0 amide bonds. The third kappa shape index (κ3) is 2.82. The molecule has 84 valence electrons. The molecule has 0 fully saturated rings. The topological polar surface area (TPSA) is 40.1 Å². The van der Waals surface area contributed by atoms with Crippen molar-refractivity contribution in [2.75, 3.05) is 0 Å². The van der Waals surface area contributed by atoms with Gasteiger partial charge in [0.05, 0.1) is 5.97 Å². The largest absolute Gasteiger partial charge is 0.545 e. The van der Waals surface area contributed by atoms with Gasteiger partial charge in [0.1, 0.15) is 0 Å².